The minimum Gasteiger partial charge on any atom is -0.351 e. The molecule has 0 aliphatic rings. The molecule has 0 fully saturated rings. The Morgan fingerprint density at radius 2 is 2.00 bits per heavy atom. The van der Waals surface area contributed by atoms with Crippen LogP contribution in [0.25, 0.3) is 0 Å². The summed E-state index contributed by atoms with van der Waals surface area (Å²) in [7, 11) is 1.66. The van der Waals surface area contributed by atoms with Crippen LogP contribution in [-0.4, -0.2) is 31.3 Å². The number of nitrogens with one attached hydrogen (secondary N) is 1. The maximum atomic E-state index is 12.3. The van der Waals surface area contributed by atoms with Gasteiger partial charge in [0.05, 0.1) is 12.1 Å². The van der Waals surface area contributed by atoms with E-state index in [0.717, 1.165) is 30.1 Å². The average molecular weight is 323 g/mol. The number of thiazole rings is 1. The van der Waals surface area contributed by atoms with E-state index in [1.807, 2.05) is 0 Å². The lowest BCUT2D eigenvalue weighted by atomic mass is 10.1. The quantitative estimate of drug-likeness (QED) is 0.728. The molecular weight excluding hydrogens is 299 g/mol. The Morgan fingerprint density at radius 1 is 1.33 bits per heavy atom. The summed E-state index contributed by atoms with van der Waals surface area (Å²) in [6.07, 6.45) is -3.89. The first-order valence-corrected chi connectivity index (χ1v) is 8.04. The van der Waals surface area contributed by atoms with Crippen LogP contribution in [0.4, 0.5) is 18.3 Å². The zero-order valence-electron chi connectivity index (χ0n) is 13.0. The normalized spacial score (nSPS) is 12.2. The molecule has 1 rings (SSSR count). The van der Waals surface area contributed by atoms with Crippen LogP contribution in [0.15, 0.2) is 0 Å². The molecular formula is C14H24F3N3S. The molecule has 0 radical (unpaired) electrons. The van der Waals surface area contributed by atoms with Gasteiger partial charge in [0.2, 0.25) is 0 Å². The monoisotopic (exact) mass is 323 g/mol. The van der Waals surface area contributed by atoms with Crippen LogP contribution in [0, 0.1) is 0 Å². The lowest BCUT2D eigenvalue weighted by Crippen LogP contribution is -2.23. The van der Waals surface area contributed by atoms with Gasteiger partial charge in [-0.3, -0.25) is 0 Å². The highest BCUT2D eigenvalue weighted by atomic mass is 32.1. The Hall–Kier alpha value is -0.820. The number of rotatable bonds is 8. The van der Waals surface area contributed by atoms with Gasteiger partial charge in [-0.2, -0.15) is 13.2 Å². The van der Waals surface area contributed by atoms with Crippen LogP contribution in [0.5, 0.6) is 0 Å². The topological polar surface area (TPSA) is 28.2 Å². The molecule has 1 heterocycles. The van der Waals surface area contributed by atoms with Crippen molar-refractivity contribution in [2.24, 2.45) is 0 Å². The van der Waals surface area contributed by atoms with Crippen LogP contribution in [-0.2, 0) is 6.54 Å². The summed E-state index contributed by atoms with van der Waals surface area (Å²) in [5.74, 6) is 0.268. The van der Waals surface area contributed by atoms with E-state index >= 15 is 0 Å². The molecule has 1 aromatic heterocycles. The minimum atomic E-state index is -4.13. The van der Waals surface area contributed by atoms with Crippen molar-refractivity contribution in [3.8, 4) is 0 Å². The predicted molar refractivity (Wildman–Crippen MR) is 82.1 cm³/mol. The average Bonchev–Trinajstić information content (AvgIpc) is 2.80. The standard InChI is InChI=1S/C14H24F3N3S/c1-5-7-18-9-11-12(10(2)3)19-13(21-11)20(4)8-6-14(15,16)17/h10,18H,5-9H2,1-4H3. The minimum absolute atomic E-state index is 0.0591. The second-order valence-electron chi connectivity index (χ2n) is 5.42. The summed E-state index contributed by atoms with van der Waals surface area (Å²) in [6.45, 7) is 7.80. The molecule has 1 aromatic rings. The Morgan fingerprint density at radius 3 is 2.52 bits per heavy atom. The van der Waals surface area contributed by atoms with Crippen LogP contribution in [0.3, 0.4) is 0 Å². The Bertz CT molecular complexity index is 430. The Kier molecular flexibility index (Phi) is 6.93. The zero-order valence-corrected chi connectivity index (χ0v) is 13.9. The molecule has 0 amide bonds. The predicted octanol–water partition coefficient (Wildman–Crippen LogP) is 4.15. The SMILES string of the molecule is CCCNCc1sc(N(C)CCC(F)(F)F)nc1C(C)C. The second kappa shape index (κ2) is 7.98. The van der Waals surface area contributed by atoms with Gasteiger partial charge in [0, 0.05) is 25.0 Å². The lowest BCUT2D eigenvalue weighted by Gasteiger charge is -2.16. The number of alkyl halides is 3. The van der Waals surface area contributed by atoms with Crippen molar-refractivity contribution < 1.29 is 13.2 Å². The highest BCUT2D eigenvalue weighted by Crippen LogP contribution is 2.31. The van der Waals surface area contributed by atoms with Crippen LogP contribution >= 0.6 is 11.3 Å². The van der Waals surface area contributed by atoms with Crippen molar-refractivity contribution in [2.45, 2.75) is 52.3 Å². The molecule has 7 heteroatoms. The lowest BCUT2D eigenvalue weighted by molar-refractivity contribution is -0.132. The van der Waals surface area contributed by atoms with Crippen molar-refractivity contribution in [2.75, 3.05) is 25.0 Å². The van der Waals surface area contributed by atoms with Gasteiger partial charge in [0.25, 0.3) is 0 Å². The first kappa shape index (κ1) is 18.2. The fraction of sp³-hybridized carbons (Fsp3) is 0.786. The molecule has 3 nitrogen and oxygen atoms in total. The van der Waals surface area contributed by atoms with E-state index in [4.69, 9.17) is 0 Å². The largest absolute Gasteiger partial charge is 0.390 e. The maximum Gasteiger partial charge on any atom is 0.390 e. The van der Waals surface area contributed by atoms with Crippen LogP contribution in [0.1, 0.15) is 50.1 Å². The number of nitrogens with zero attached hydrogens (tertiary/aromatic N) is 2. The van der Waals surface area contributed by atoms with E-state index in [-0.39, 0.29) is 12.5 Å². The highest BCUT2D eigenvalue weighted by molar-refractivity contribution is 7.15. The zero-order chi connectivity index (χ0) is 16.0. The van der Waals surface area contributed by atoms with Crippen molar-refractivity contribution in [1.82, 2.24) is 10.3 Å². The number of hydrogen-bond donors (Lipinski definition) is 1. The number of anilines is 1. The second-order valence-corrected chi connectivity index (χ2v) is 6.49. The molecule has 0 atom stereocenters. The van der Waals surface area contributed by atoms with Gasteiger partial charge in [-0.25, -0.2) is 4.98 Å². The van der Waals surface area contributed by atoms with Crippen molar-refractivity contribution in [3.05, 3.63) is 10.6 Å². The molecule has 0 bridgehead atoms. The molecule has 0 saturated heterocycles. The van der Waals surface area contributed by atoms with E-state index in [1.54, 1.807) is 11.9 Å². The van der Waals surface area contributed by atoms with Crippen molar-refractivity contribution in [3.63, 3.8) is 0 Å². The van der Waals surface area contributed by atoms with Gasteiger partial charge in [-0.15, -0.1) is 11.3 Å². The van der Waals surface area contributed by atoms with Crippen molar-refractivity contribution >= 4 is 16.5 Å². The van der Waals surface area contributed by atoms with E-state index in [9.17, 15) is 13.2 Å². The smallest absolute Gasteiger partial charge is 0.351 e. The number of hydrogen-bond acceptors (Lipinski definition) is 4. The molecule has 0 aromatic carbocycles. The van der Waals surface area contributed by atoms with Gasteiger partial charge in [-0.05, 0) is 18.9 Å². The van der Waals surface area contributed by atoms with Gasteiger partial charge < -0.3 is 10.2 Å². The molecule has 122 valence electrons. The fourth-order valence-corrected chi connectivity index (χ4v) is 3.03. The van der Waals surface area contributed by atoms with Gasteiger partial charge in [0.1, 0.15) is 0 Å². The van der Waals surface area contributed by atoms with Crippen LogP contribution < -0.4 is 10.2 Å². The van der Waals surface area contributed by atoms with Gasteiger partial charge in [-0.1, -0.05) is 20.8 Å². The molecule has 0 aliphatic heterocycles. The van der Waals surface area contributed by atoms with Gasteiger partial charge >= 0.3 is 6.18 Å². The molecule has 21 heavy (non-hydrogen) atoms. The Balaban J connectivity index is 2.76. The summed E-state index contributed by atoms with van der Waals surface area (Å²) >= 11 is 1.48. The summed E-state index contributed by atoms with van der Waals surface area (Å²) in [5.41, 5.74) is 0.984. The summed E-state index contributed by atoms with van der Waals surface area (Å²) in [6, 6.07) is 0. The number of aromatic nitrogens is 1. The maximum absolute atomic E-state index is 12.3. The molecule has 1 N–H and O–H groups in total. The summed E-state index contributed by atoms with van der Waals surface area (Å²) in [4.78, 5) is 7.23. The third-order valence-corrected chi connectivity index (χ3v) is 4.22. The molecule has 0 spiro atoms. The first-order valence-electron chi connectivity index (χ1n) is 7.22. The third-order valence-electron chi connectivity index (χ3n) is 3.03. The first-order chi connectivity index (χ1) is 9.74. The van der Waals surface area contributed by atoms with Crippen LogP contribution in [0.2, 0.25) is 0 Å². The number of halogens is 3. The summed E-state index contributed by atoms with van der Waals surface area (Å²) in [5, 5.41) is 3.99. The Labute approximate surface area is 128 Å². The van der Waals surface area contributed by atoms with Gasteiger partial charge in [0.15, 0.2) is 5.13 Å². The third kappa shape index (κ3) is 6.22. The van der Waals surface area contributed by atoms with Crippen molar-refractivity contribution in [1.29, 1.82) is 0 Å². The molecule has 0 unspecified atom stereocenters. The van der Waals surface area contributed by atoms with E-state index in [2.05, 4.69) is 31.1 Å². The summed E-state index contributed by atoms with van der Waals surface area (Å²) < 4.78 is 36.9. The van der Waals surface area contributed by atoms with E-state index in [0.29, 0.717) is 5.13 Å². The molecule has 0 aliphatic carbocycles. The molecule has 0 saturated carbocycles. The van der Waals surface area contributed by atoms with E-state index in [1.165, 1.54) is 11.3 Å². The fourth-order valence-electron chi connectivity index (χ4n) is 1.86. The highest BCUT2D eigenvalue weighted by Gasteiger charge is 2.28. The van der Waals surface area contributed by atoms with E-state index < -0.39 is 12.6 Å².